The van der Waals surface area contributed by atoms with Crippen LogP contribution in [0.5, 0.6) is 0 Å². The molecule has 7 aliphatic carbocycles. The molecule has 0 bridgehead atoms. The molecule has 0 radical (unpaired) electrons. The van der Waals surface area contributed by atoms with Crippen LogP contribution >= 0.6 is 0 Å². The summed E-state index contributed by atoms with van der Waals surface area (Å²) in [6, 6.07) is 31.6. The van der Waals surface area contributed by atoms with Crippen molar-refractivity contribution in [3.05, 3.63) is 126 Å². The van der Waals surface area contributed by atoms with E-state index in [0.29, 0.717) is 102 Å². The smallest absolute Gasteiger partial charge is 0.407 e. The Hall–Kier alpha value is -7.69. The van der Waals surface area contributed by atoms with Gasteiger partial charge in [0.05, 0.1) is 32.0 Å². The summed E-state index contributed by atoms with van der Waals surface area (Å²) in [4.78, 5) is 67.4. The van der Waals surface area contributed by atoms with Crippen LogP contribution in [0.15, 0.2) is 120 Å². The van der Waals surface area contributed by atoms with Gasteiger partial charge in [0.25, 0.3) is 0 Å². The molecule has 7 fully saturated rings. The number of rotatable bonds is 24. The molecule has 1 N–H and O–H groups in total. The first kappa shape index (κ1) is 77.1. The van der Waals surface area contributed by atoms with Crippen LogP contribution in [0.25, 0.3) is 38.8 Å². The molecule has 580 valence electrons. The van der Waals surface area contributed by atoms with Gasteiger partial charge in [0.1, 0.15) is 29.5 Å². The van der Waals surface area contributed by atoms with Crippen LogP contribution < -0.4 is 5.32 Å². The van der Waals surface area contributed by atoms with Crippen molar-refractivity contribution in [1.82, 2.24) is 24.9 Å². The molecule has 10 unspecified atom stereocenters. The highest BCUT2D eigenvalue weighted by Gasteiger charge is 2.61. The highest BCUT2D eigenvalue weighted by atomic mass is 16.6. The fraction of sp³-hybridized carbons (Fsp3) is 0.637. The number of aromatic nitrogens is 4. The second-order valence-corrected chi connectivity index (χ2v) is 37.0. The highest BCUT2D eigenvalue weighted by molar-refractivity contribution is 6.09. The van der Waals surface area contributed by atoms with Crippen LogP contribution in [-0.2, 0) is 62.2 Å². The van der Waals surface area contributed by atoms with Gasteiger partial charge in [0, 0.05) is 65.3 Å². The van der Waals surface area contributed by atoms with Gasteiger partial charge in [-0.15, -0.1) is 5.10 Å². The molecule has 14 rings (SSSR count). The second-order valence-electron chi connectivity index (χ2n) is 37.0. The van der Waals surface area contributed by atoms with Crippen molar-refractivity contribution < 1.29 is 47.7 Å². The predicted octanol–water partition coefficient (Wildman–Crippen LogP) is 19.7. The fourth-order valence-electron chi connectivity index (χ4n) is 23.7. The van der Waals surface area contributed by atoms with Gasteiger partial charge in [-0.2, -0.15) is 10.2 Å². The number of hydrogen-bond donors (Lipinski definition) is 1. The van der Waals surface area contributed by atoms with Gasteiger partial charge in [-0.1, -0.05) is 139 Å². The zero-order chi connectivity index (χ0) is 76.0. The maximum atomic E-state index is 15.0. The molecule has 1 amide bonds. The van der Waals surface area contributed by atoms with E-state index in [1.165, 1.54) is 78.4 Å². The number of nitrogens with zero attached hydrogens (tertiary/aromatic N) is 6. The molecule has 0 spiro atoms. The van der Waals surface area contributed by atoms with Gasteiger partial charge < -0.3 is 33.6 Å². The number of carbonyl (C=O) groups is 5. The number of carbonyl (C=O) groups excluding carboxylic acids is 5. The standard InChI is InChI=1S/C91H121N7O10/c1-56(23-35-82(99)104-11)58(3)88(7)41-39-73-63(54-88)25-28-64-51-67(37-42-89(64,73)8)107-85(102)81(48-60-21-17-14-18-22-60)98-55-78(95-96-98)62-27-31-69-68-30-26-61(49-79(68)97(80(69)50-62)46-45-92-86(103)108-87(4,5)6)76-53-77(94-93-76)71(47-59-19-15-13-16-20-59)84(101)106-66-38-43-90(9)65(52-66)29-32-70-74-34-33-72(57(2)24-36-83(100)105-12)91(74,10)44-40-75(70)90/h13-22,26-27,30-31,49-50,53,55-58,63-67,70-75,77,81H,23-25,28-29,32-48,51-52,54H2,1-12H3,(H,92,103)/t56-,57-,58?,63+,64+,65?,66-,67-,70+,71-,72?,73?,74+,75?,77?,81+,88?,89?,90?,91?/m1/s1. The molecule has 0 saturated heterocycles. The van der Waals surface area contributed by atoms with Crippen molar-refractivity contribution in [2.24, 2.45) is 103 Å². The SMILES string of the molecule is COC(=O)CC[C@@H](C)C(C)C1(C)CCC2[C@@H](CC[C@H]3C[C@H](OC(=O)[C@H](Cc4ccccc4)n4cc(-c5ccc6c7ccc(C8=CC([C@@H](Cc9ccccc9)C(=O)O[C@@H]9CCC%10(C)C(CC[C@@H]%11C%10CCC%10(C)C([C@H](C)CCC(=O)OC)CC[C@@H]%11%10)C9)N=N8)cc7n(CCNC(=O)OC(C)(C)C)c6c5)nn4)CCC23C)C1. The average Bonchev–Trinajstić information content (AvgIpc) is 1.62. The summed E-state index contributed by atoms with van der Waals surface area (Å²) >= 11 is 0. The Morgan fingerprint density at radius 2 is 1.22 bits per heavy atom. The monoisotopic (exact) mass is 1470 g/mol. The minimum Gasteiger partial charge on any atom is -0.469 e. The maximum Gasteiger partial charge on any atom is 0.407 e. The number of benzene rings is 4. The lowest BCUT2D eigenvalue weighted by atomic mass is 9.44. The molecule has 17 nitrogen and oxygen atoms in total. The lowest BCUT2D eigenvalue weighted by Crippen LogP contribution is -2.54. The molecule has 17 heteroatoms. The maximum absolute atomic E-state index is 15.0. The van der Waals surface area contributed by atoms with E-state index in [4.69, 9.17) is 44.2 Å². The zero-order valence-corrected chi connectivity index (χ0v) is 66.6. The summed E-state index contributed by atoms with van der Waals surface area (Å²) in [5.41, 5.74) is 7.14. The molecular formula is C91H121N7O10. The summed E-state index contributed by atoms with van der Waals surface area (Å²) in [6.07, 6.45) is 25.7. The molecule has 108 heavy (non-hydrogen) atoms. The van der Waals surface area contributed by atoms with E-state index < -0.39 is 29.7 Å². The molecule has 7 saturated carbocycles. The third-order valence-electron chi connectivity index (χ3n) is 30.0. The van der Waals surface area contributed by atoms with Crippen molar-refractivity contribution in [3.8, 4) is 11.3 Å². The Morgan fingerprint density at radius 3 is 1.89 bits per heavy atom. The van der Waals surface area contributed by atoms with Gasteiger partial charge >= 0.3 is 30.0 Å². The number of nitrogens with one attached hydrogen (secondary N) is 1. The number of methoxy groups -OCH3 is 2. The van der Waals surface area contributed by atoms with Gasteiger partial charge in [-0.25, -0.2) is 14.3 Å². The number of ether oxygens (including phenoxy) is 5. The van der Waals surface area contributed by atoms with Gasteiger partial charge in [-0.3, -0.25) is 14.4 Å². The Balaban J connectivity index is 0.676. The Labute approximate surface area is 641 Å². The third-order valence-corrected chi connectivity index (χ3v) is 30.0. The van der Waals surface area contributed by atoms with Crippen LogP contribution in [0, 0.1) is 92.7 Å². The minimum atomic E-state index is -0.753. The van der Waals surface area contributed by atoms with Crippen LogP contribution in [0.3, 0.4) is 0 Å². The van der Waals surface area contributed by atoms with Crippen molar-refractivity contribution in [3.63, 3.8) is 0 Å². The first-order valence-corrected chi connectivity index (χ1v) is 41.4. The lowest BCUT2D eigenvalue weighted by molar-refractivity contribution is -0.167. The number of azo groups is 1. The molecule has 6 aromatic rings. The highest BCUT2D eigenvalue weighted by Crippen LogP contribution is 2.69. The Morgan fingerprint density at radius 1 is 0.630 bits per heavy atom. The van der Waals surface area contributed by atoms with E-state index in [0.717, 1.165) is 114 Å². The molecule has 20 atom stereocenters. The first-order chi connectivity index (χ1) is 51.7. The van der Waals surface area contributed by atoms with Crippen molar-refractivity contribution in [2.75, 3.05) is 20.8 Å². The van der Waals surface area contributed by atoms with Crippen LogP contribution in [0.4, 0.5) is 4.79 Å². The number of fused-ring (bicyclic) bond motifs is 11. The molecular weight excluding hydrogens is 1350 g/mol. The third kappa shape index (κ3) is 15.7. The van der Waals surface area contributed by atoms with Crippen molar-refractivity contribution in [1.29, 1.82) is 0 Å². The van der Waals surface area contributed by atoms with E-state index in [9.17, 15) is 19.2 Å². The number of amides is 1. The molecule has 3 heterocycles. The van der Waals surface area contributed by atoms with Gasteiger partial charge in [0.15, 0.2) is 6.04 Å². The van der Waals surface area contributed by atoms with E-state index >= 15 is 4.79 Å². The number of hydrogen-bond acceptors (Lipinski definition) is 14. The first-order valence-electron chi connectivity index (χ1n) is 41.4. The summed E-state index contributed by atoms with van der Waals surface area (Å²) in [7, 11) is 2.98. The molecule has 1 aliphatic heterocycles. The van der Waals surface area contributed by atoms with Crippen molar-refractivity contribution >= 4 is 57.5 Å². The van der Waals surface area contributed by atoms with Crippen molar-refractivity contribution in [2.45, 2.75) is 253 Å². The second kappa shape index (κ2) is 31.6. The quantitative estimate of drug-likeness (QED) is 0.0444. The zero-order valence-electron chi connectivity index (χ0n) is 66.6. The number of alkyl carbamates (subject to hydrolysis) is 1. The molecule has 8 aliphatic rings. The van der Waals surface area contributed by atoms with Gasteiger partial charge in [0.2, 0.25) is 0 Å². The van der Waals surface area contributed by atoms with E-state index in [-0.39, 0.29) is 58.9 Å². The topological polar surface area (TPSA) is 204 Å². The van der Waals surface area contributed by atoms with E-state index in [1.807, 2.05) is 81.6 Å². The summed E-state index contributed by atoms with van der Waals surface area (Å²) in [5, 5.41) is 24.3. The van der Waals surface area contributed by atoms with E-state index in [1.54, 1.807) is 4.68 Å². The minimum absolute atomic E-state index is 0.101. The van der Waals surface area contributed by atoms with Gasteiger partial charge in [-0.05, 0) is 265 Å². The lowest BCUT2D eigenvalue weighted by Gasteiger charge is -2.61. The summed E-state index contributed by atoms with van der Waals surface area (Å²) < 4.78 is 33.1. The largest absolute Gasteiger partial charge is 0.469 e. The summed E-state index contributed by atoms with van der Waals surface area (Å²) in [6.45, 7) is 23.6. The predicted molar refractivity (Wildman–Crippen MR) is 421 cm³/mol. The summed E-state index contributed by atoms with van der Waals surface area (Å²) in [5.74, 6) is 5.21. The Kier molecular flexibility index (Phi) is 22.5. The molecule has 4 aromatic carbocycles. The van der Waals surface area contributed by atoms with Crippen LogP contribution in [0.2, 0.25) is 0 Å². The van der Waals surface area contributed by atoms with E-state index in [2.05, 4.69) is 107 Å². The normalized spacial score (nSPS) is 31.4. The average molecular weight is 1470 g/mol. The van der Waals surface area contributed by atoms with Crippen LogP contribution in [-0.4, -0.2) is 94.1 Å². The fourth-order valence-corrected chi connectivity index (χ4v) is 23.7. The Bertz CT molecular complexity index is 4290. The molecule has 2 aromatic heterocycles. The van der Waals surface area contributed by atoms with Crippen LogP contribution in [0.1, 0.15) is 227 Å². The number of esters is 4.